The Hall–Kier alpha value is -1.47. The Morgan fingerprint density at radius 1 is 1.67 bits per heavy atom. The molecule has 1 heterocycles. The van der Waals surface area contributed by atoms with Crippen molar-refractivity contribution in [2.45, 2.75) is 18.9 Å². The van der Waals surface area contributed by atoms with Gasteiger partial charge in [-0.15, -0.1) is 0 Å². The smallest absolute Gasteiger partial charge is 0.324 e. The maximum atomic E-state index is 12.2. The highest BCUT2D eigenvalue weighted by Gasteiger charge is 2.35. The largest absolute Gasteiger partial charge is 0.336 e. The molecule has 1 unspecified atom stereocenters. The van der Waals surface area contributed by atoms with Crippen molar-refractivity contribution >= 4 is 22.2 Å². The Bertz CT molecular complexity index is 470. The van der Waals surface area contributed by atoms with Gasteiger partial charge in [0.1, 0.15) is 0 Å². The molecule has 1 saturated carbocycles. The van der Waals surface area contributed by atoms with E-state index in [9.17, 15) is 14.9 Å². The molecule has 0 bridgehead atoms. The lowest BCUT2D eigenvalue weighted by Gasteiger charge is -2.26. The van der Waals surface area contributed by atoms with Gasteiger partial charge < -0.3 is 10.6 Å². The van der Waals surface area contributed by atoms with Crippen LogP contribution in [-0.2, 0) is 0 Å². The van der Waals surface area contributed by atoms with Crippen LogP contribution in [0.4, 0.5) is 5.00 Å². The van der Waals surface area contributed by atoms with Gasteiger partial charge in [-0.05, 0) is 24.8 Å². The summed E-state index contributed by atoms with van der Waals surface area (Å²) in [6.45, 7) is 0.431. The van der Waals surface area contributed by atoms with Crippen LogP contribution in [0.2, 0.25) is 0 Å². The zero-order valence-electron chi connectivity index (χ0n) is 10.0. The highest BCUT2D eigenvalue weighted by Crippen LogP contribution is 2.35. The fourth-order valence-electron chi connectivity index (χ4n) is 2.01. The van der Waals surface area contributed by atoms with Crippen molar-refractivity contribution in [3.8, 4) is 0 Å². The van der Waals surface area contributed by atoms with E-state index in [0.29, 0.717) is 17.3 Å². The van der Waals surface area contributed by atoms with Gasteiger partial charge >= 0.3 is 5.00 Å². The molecule has 6 nitrogen and oxygen atoms in total. The van der Waals surface area contributed by atoms with E-state index in [0.717, 1.165) is 24.2 Å². The SMILES string of the molecule is CN(C(=O)c1ccc([N+](=O)[O-])s1)C(CN)C1CC1. The quantitative estimate of drug-likeness (QED) is 0.647. The van der Waals surface area contributed by atoms with E-state index in [1.54, 1.807) is 11.9 Å². The van der Waals surface area contributed by atoms with Gasteiger partial charge in [-0.25, -0.2) is 0 Å². The van der Waals surface area contributed by atoms with Crippen LogP contribution in [0.3, 0.4) is 0 Å². The molecule has 1 aliphatic rings. The van der Waals surface area contributed by atoms with Gasteiger partial charge in [-0.2, -0.15) is 0 Å². The van der Waals surface area contributed by atoms with E-state index >= 15 is 0 Å². The first-order valence-electron chi connectivity index (χ1n) is 5.76. The molecule has 7 heteroatoms. The van der Waals surface area contributed by atoms with Crippen molar-refractivity contribution in [3.05, 3.63) is 27.1 Å². The monoisotopic (exact) mass is 269 g/mol. The molecular weight excluding hydrogens is 254 g/mol. The Kier molecular flexibility index (Phi) is 3.63. The highest BCUT2D eigenvalue weighted by molar-refractivity contribution is 7.17. The molecular formula is C11H15N3O3S. The van der Waals surface area contributed by atoms with Gasteiger partial charge in [0.05, 0.1) is 9.80 Å². The van der Waals surface area contributed by atoms with Crippen molar-refractivity contribution in [2.75, 3.05) is 13.6 Å². The molecule has 2 rings (SSSR count). The van der Waals surface area contributed by atoms with E-state index in [4.69, 9.17) is 5.73 Å². The highest BCUT2D eigenvalue weighted by atomic mass is 32.1. The number of amides is 1. The predicted octanol–water partition coefficient (Wildman–Crippen LogP) is 1.47. The van der Waals surface area contributed by atoms with Crippen molar-refractivity contribution < 1.29 is 9.72 Å². The molecule has 0 aliphatic heterocycles. The Labute approximate surface area is 109 Å². The molecule has 1 aromatic heterocycles. The minimum atomic E-state index is -0.483. The number of nitro groups is 1. The van der Waals surface area contributed by atoms with Crippen molar-refractivity contribution in [1.29, 1.82) is 0 Å². The lowest BCUT2D eigenvalue weighted by molar-refractivity contribution is -0.380. The Balaban J connectivity index is 2.11. The molecule has 0 saturated heterocycles. The maximum absolute atomic E-state index is 12.2. The normalized spacial score (nSPS) is 16.3. The first-order chi connectivity index (χ1) is 8.54. The molecule has 0 radical (unpaired) electrons. The number of thiophene rings is 1. The third-order valence-corrected chi connectivity index (χ3v) is 4.23. The standard InChI is InChI=1S/C11H15N3O3S/c1-13(8(6-12)7-2-3-7)11(15)9-4-5-10(18-9)14(16)17/h4-5,7-8H,2-3,6,12H2,1H3. The lowest BCUT2D eigenvalue weighted by atomic mass is 10.1. The van der Waals surface area contributed by atoms with Crippen LogP contribution in [0.5, 0.6) is 0 Å². The Morgan fingerprint density at radius 2 is 2.33 bits per heavy atom. The van der Waals surface area contributed by atoms with Crippen molar-refractivity contribution in [1.82, 2.24) is 4.90 Å². The average molecular weight is 269 g/mol. The molecule has 1 fully saturated rings. The maximum Gasteiger partial charge on any atom is 0.324 e. The van der Waals surface area contributed by atoms with Crippen molar-refractivity contribution in [3.63, 3.8) is 0 Å². The second-order valence-electron chi connectivity index (χ2n) is 4.45. The zero-order chi connectivity index (χ0) is 13.3. The third-order valence-electron chi connectivity index (χ3n) is 3.21. The number of hydrogen-bond acceptors (Lipinski definition) is 5. The van der Waals surface area contributed by atoms with Gasteiger partial charge in [-0.1, -0.05) is 11.3 Å². The second-order valence-corrected chi connectivity index (χ2v) is 5.51. The summed E-state index contributed by atoms with van der Waals surface area (Å²) in [5, 5.41) is 10.6. The minimum absolute atomic E-state index is 0.0116. The summed E-state index contributed by atoms with van der Waals surface area (Å²) in [6, 6.07) is 2.90. The predicted molar refractivity (Wildman–Crippen MR) is 68.6 cm³/mol. The zero-order valence-corrected chi connectivity index (χ0v) is 10.9. The first kappa shape index (κ1) is 13.0. The van der Waals surface area contributed by atoms with E-state index in [1.165, 1.54) is 12.1 Å². The molecule has 2 N–H and O–H groups in total. The van der Waals surface area contributed by atoms with Crippen LogP contribution in [0.15, 0.2) is 12.1 Å². The molecule has 0 spiro atoms. The number of nitrogens with two attached hydrogens (primary N) is 1. The number of carbonyl (C=O) groups is 1. The molecule has 98 valence electrons. The van der Waals surface area contributed by atoms with Gasteiger partial charge in [0, 0.05) is 25.7 Å². The summed E-state index contributed by atoms with van der Waals surface area (Å²) in [6.07, 6.45) is 2.20. The number of carbonyl (C=O) groups excluding carboxylic acids is 1. The molecule has 18 heavy (non-hydrogen) atoms. The Morgan fingerprint density at radius 3 is 2.78 bits per heavy atom. The summed E-state index contributed by atoms with van der Waals surface area (Å²) in [7, 11) is 1.71. The number of hydrogen-bond donors (Lipinski definition) is 1. The van der Waals surface area contributed by atoms with Crippen LogP contribution < -0.4 is 5.73 Å². The van der Waals surface area contributed by atoms with E-state index in [-0.39, 0.29) is 17.0 Å². The van der Waals surface area contributed by atoms with Crippen LogP contribution in [0.25, 0.3) is 0 Å². The molecule has 1 amide bonds. The van der Waals surface area contributed by atoms with Gasteiger partial charge in [0.15, 0.2) is 0 Å². The summed E-state index contributed by atoms with van der Waals surface area (Å²) >= 11 is 0.906. The topological polar surface area (TPSA) is 89.5 Å². The molecule has 1 aliphatic carbocycles. The summed E-state index contributed by atoms with van der Waals surface area (Å²) in [5.41, 5.74) is 5.69. The lowest BCUT2D eigenvalue weighted by Crippen LogP contribution is -2.43. The minimum Gasteiger partial charge on any atom is -0.336 e. The van der Waals surface area contributed by atoms with Gasteiger partial charge in [0.25, 0.3) is 5.91 Å². The summed E-state index contributed by atoms with van der Waals surface area (Å²) < 4.78 is 0. The average Bonchev–Trinajstić information content (AvgIpc) is 3.04. The van der Waals surface area contributed by atoms with E-state index < -0.39 is 4.92 Å². The summed E-state index contributed by atoms with van der Waals surface area (Å²) in [5.74, 6) is 0.300. The number of rotatable bonds is 5. The van der Waals surface area contributed by atoms with Gasteiger partial charge in [-0.3, -0.25) is 14.9 Å². The fourth-order valence-corrected chi connectivity index (χ4v) is 2.82. The molecule has 0 aromatic carbocycles. The second kappa shape index (κ2) is 5.03. The van der Waals surface area contributed by atoms with E-state index in [1.807, 2.05) is 0 Å². The van der Waals surface area contributed by atoms with Crippen LogP contribution >= 0.6 is 11.3 Å². The van der Waals surface area contributed by atoms with Gasteiger partial charge in [0.2, 0.25) is 0 Å². The molecule has 1 aromatic rings. The first-order valence-corrected chi connectivity index (χ1v) is 6.57. The van der Waals surface area contributed by atoms with E-state index in [2.05, 4.69) is 0 Å². The van der Waals surface area contributed by atoms with Crippen LogP contribution in [0, 0.1) is 16.0 Å². The molecule has 1 atom stereocenters. The van der Waals surface area contributed by atoms with Crippen molar-refractivity contribution in [2.24, 2.45) is 11.7 Å². The third kappa shape index (κ3) is 2.51. The summed E-state index contributed by atoms with van der Waals surface area (Å²) in [4.78, 5) is 24.3. The van der Waals surface area contributed by atoms with Crippen LogP contribution in [-0.4, -0.2) is 35.4 Å². The fraction of sp³-hybridized carbons (Fsp3) is 0.545. The van der Waals surface area contributed by atoms with Crippen LogP contribution in [0.1, 0.15) is 22.5 Å². The number of nitrogens with zero attached hydrogens (tertiary/aromatic N) is 2. The number of likely N-dealkylation sites (N-methyl/N-ethyl adjacent to an activating group) is 1.